The van der Waals surface area contributed by atoms with E-state index in [1.807, 2.05) is 12.1 Å². The highest BCUT2D eigenvalue weighted by molar-refractivity contribution is 14.1. The van der Waals surface area contributed by atoms with E-state index in [9.17, 15) is 0 Å². The van der Waals surface area contributed by atoms with Crippen molar-refractivity contribution < 1.29 is 4.74 Å². The average Bonchev–Trinajstić information content (AvgIpc) is 2.40. The largest absolute Gasteiger partial charge is 0.497 e. The fourth-order valence-electron chi connectivity index (χ4n) is 1.76. The Morgan fingerprint density at radius 1 is 1.17 bits per heavy atom. The number of aryl methyl sites for hydroxylation is 1. The second-order valence-corrected chi connectivity index (χ2v) is 5.41. The molecule has 0 aliphatic carbocycles. The highest BCUT2D eigenvalue weighted by Crippen LogP contribution is 2.20. The predicted molar refractivity (Wildman–Crippen MR) is 84.2 cm³/mol. The summed E-state index contributed by atoms with van der Waals surface area (Å²) in [7, 11) is 1.69. The lowest BCUT2D eigenvalue weighted by atomic mass is 10.1. The van der Waals surface area contributed by atoms with E-state index in [0.717, 1.165) is 12.3 Å². The number of methoxy groups -OCH3 is 1. The van der Waals surface area contributed by atoms with Crippen molar-refractivity contribution in [2.75, 3.05) is 12.4 Å². The highest BCUT2D eigenvalue weighted by atomic mass is 127. The van der Waals surface area contributed by atoms with E-state index in [2.05, 4.69) is 65.2 Å². The second-order valence-electron chi connectivity index (χ2n) is 4.16. The molecule has 0 radical (unpaired) electrons. The number of nitrogens with one attached hydrogen (secondary N) is 1. The third kappa shape index (κ3) is 3.38. The molecule has 0 amide bonds. The van der Waals surface area contributed by atoms with Gasteiger partial charge in [-0.2, -0.15) is 0 Å². The molecule has 2 aromatic rings. The van der Waals surface area contributed by atoms with Gasteiger partial charge in [-0.15, -0.1) is 0 Å². The molecule has 0 saturated heterocycles. The minimum Gasteiger partial charge on any atom is -0.497 e. The van der Waals surface area contributed by atoms with Gasteiger partial charge in [-0.1, -0.05) is 18.2 Å². The van der Waals surface area contributed by atoms with Crippen LogP contribution in [-0.4, -0.2) is 7.11 Å². The molecule has 18 heavy (non-hydrogen) atoms. The smallest absolute Gasteiger partial charge is 0.119 e. The van der Waals surface area contributed by atoms with E-state index in [-0.39, 0.29) is 0 Å². The molecule has 0 spiro atoms. The Morgan fingerprint density at radius 3 is 2.78 bits per heavy atom. The van der Waals surface area contributed by atoms with Crippen LogP contribution in [0.15, 0.2) is 42.5 Å². The SMILES string of the molecule is COc1cccc(CNc2cc(I)ccc2C)c1. The number of hydrogen-bond donors (Lipinski definition) is 1. The van der Waals surface area contributed by atoms with Gasteiger partial charge in [0.25, 0.3) is 0 Å². The molecule has 2 rings (SSSR count). The van der Waals surface area contributed by atoms with Crippen molar-refractivity contribution in [3.8, 4) is 5.75 Å². The third-order valence-electron chi connectivity index (χ3n) is 2.82. The van der Waals surface area contributed by atoms with Gasteiger partial charge in [0.15, 0.2) is 0 Å². The number of ether oxygens (including phenoxy) is 1. The summed E-state index contributed by atoms with van der Waals surface area (Å²) in [4.78, 5) is 0. The Labute approximate surface area is 122 Å². The fourth-order valence-corrected chi connectivity index (χ4v) is 2.26. The van der Waals surface area contributed by atoms with Gasteiger partial charge in [0.2, 0.25) is 0 Å². The van der Waals surface area contributed by atoms with Crippen LogP contribution in [0.2, 0.25) is 0 Å². The van der Waals surface area contributed by atoms with Crippen LogP contribution in [0, 0.1) is 10.5 Å². The number of halogens is 1. The highest BCUT2D eigenvalue weighted by Gasteiger charge is 2.00. The van der Waals surface area contributed by atoms with Gasteiger partial charge in [0.1, 0.15) is 5.75 Å². The summed E-state index contributed by atoms with van der Waals surface area (Å²) >= 11 is 2.33. The molecule has 2 aromatic carbocycles. The molecule has 0 aromatic heterocycles. The first-order chi connectivity index (χ1) is 8.69. The quantitative estimate of drug-likeness (QED) is 0.831. The fraction of sp³-hybridized carbons (Fsp3) is 0.200. The standard InChI is InChI=1S/C15H16INO/c1-11-6-7-13(16)9-15(11)17-10-12-4-3-5-14(8-12)18-2/h3-9,17H,10H2,1-2H3. The summed E-state index contributed by atoms with van der Waals surface area (Å²) in [5.41, 5.74) is 3.66. The molecule has 1 N–H and O–H groups in total. The molecule has 0 fully saturated rings. The van der Waals surface area contributed by atoms with E-state index in [1.54, 1.807) is 7.11 Å². The number of hydrogen-bond acceptors (Lipinski definition) is 2. The lowest BCUT2D eigenvalue weighted by Crippen LogP contribution is -2.01. The Kier molecular flexibility index (Phi) is 4.47. The molecular formula is C15H16INO. The normalized spacial score (nSPS) is 10.2. The molecule has 0 bridgehead atoms. The first kappa shape index (κ1) is 13.2. The minimum absolute atomic E-state index is 0.804. The summed E-state index contributed by atoms with van der Waals surface area (Å²) < 4.78 is 6.46. The molecule has 0 unspecified atom stereocenters. The first-order valence-corrected chi connectivity index (χ1v) is 6.90. The van der Waals surface area contributed by atoms with E-state index in [0.29, 0.717) is 0 Å². The van der Waals surface area contributed by atoms with Crippen LogP contribution >= 0.6 is 22.6 Å². The number of rotatable bonds is 4. The van der Waals surface area contributed by atoms with Crippen molar-refractivity contribution in [3.63, 3.8) is 0 Å². The molecule has 2 nitrogen and oxygen atoms in total. The molecule has 0 aliphatic rings. The monoisotopic (exact) mass is 353 g/mol. The van der Waals surface area contributed by atoms with Crippen LogP contribution in [0.1, 0.15) is 11.1 Å². The molecule has 0 atom stereocenters. The minimum atomic E-state index is 0.804. The van der Waals surface area contributed by atoms with Crippen molar-refractivity contribution in [3.05, 3.63) is 57.2 Å². The van der Waals surface area contributed by atoms with Crippen LogP contribution < -0.4 is 10.1 Å². The predicted octanol–water partition coefficient (Wildman–Crippen LogP) is 4.22. The molecule has 3 heteroatoms. The van der Waals surface area contributed by atoms with E-state index in [1.165, 1.54) is 20.4 Å². The lowest BCUT2D eigenvalue weighted by molar-refractivity contribution is 0.414. The molecule has 0 aliphatic heterocycles. The van der Waals surface area contributed by atoms with Gasteiger partial charge in [-0.05, 0) is 64.9 Å². The Bertz CT molecular complexity index is 540. The van der Waals surface area contributed by atoms with Crippen LogP contribution in [0.5, 0.6) is 5.75 Å². The van der Waals surface area contributed by atoms with Gasteiger partial charge in [-0.25, -0.2) is 0 Å². The van der Waals surface area contributed by atoms with Crippen LogP contribution in [0.25, 0.3) is 0 Å². The Morgan fingerprint density at radius 2 is 2.00 bits per heavy atom. The van der Waals surface area contributed by atoms with E-state index < -0.39 is 0 Å². The molecule has 94 valence electrons. The van der Waals surface area contributed by atoms with Crippen molar-refractivity contribution in [1.82, 2.24) is 0 Å². The maximum Gasteiger partial charge on any atom is 0.119 e. The first-order valence-electron chi connectivity index (χ1n) is 5.82. The molecular weight excluding hydrogens is 337 g/mol. The zero-order valence-corrected chi connectivity index (χ0v) is 12.7. The molecule has 0 heterocycles. The van der Waals surface area contributed by atoms with E-state index >= 15 is 0 Å². The van der Waals surface area contributed by atoms with Gasteiger partial charge in [0, 0.05) is 15.8 Å². The van der Waals surface area contributed by atoms with Crippen LogP contribution in [0.4, 0.5) is 5.69 Å². The summed E-state index contributed by atoms with van der Waals surface area (Å²) in [5, 5.41) is 3.46. The zero-order chi connectivity index (χ0) is 13.0. The third-order valence-corrected chi connectivity index (χ3v) is 3.49. The zero-order valence-electron chi connectivity index (χ0n) is 10.5. The maximum absolute atomic E-state index is 5.22. The summed E-state index contributed by atoms with van der Waals surface area (Å²) in [6.45, 7) is 2.92. The van der Waals surface area contributed by atoms with Gasteiger partial charge in [-0.3, -0.25) is 0 Å². The lowest BCUT2D eigenvalue weighted by Gasteiger charge is -2.11. The van der Waals surface area contributed by atoms with Crippen molar-refractivity contribution in [2.24, 2.45) is 0 Å². The maximum atomic E-state index is 5.22. The van der Waals surface area contributed by atoms with Crippen LogP contribution in [-0.2, 0) is 6.54 Å². The topological polar surface area (TPSA) is 21.3 Å². The van der Waals surface area contributed by atoms with Gasteiger partial charge in [0.05, 0.1) is 7.11 Å². The van der Waals surface area contributed by atoms with Crippen molar-refractivity contribution in [1.29, 1.82) is 0 Å². The summed E-state index contributed by atoms with van der Waals surface area (Å²) in [5.74, 6) is 0.897. The number of anilines is 1. The van der Waals surface area contributed by atoms with E-state index in [4.69, 9.17) is 4.74 Å². The summed E-state index contributed by atoms with van der Waals surface area (Å²) in [6.07, 6.45) is 0. The number of benzene rings is 2. The van der Waals surface area contributed by atoms with Crippen molar-refractivity contribution >= 4 is 28.3 Å². The van der Waals surface area contributed by atoms with Crippen molar-refractivity contribution in [2.45, 2.75) is 13.5 Å². The van der Waals surface area contributed by atoms with Gasteiger partial charge < -0.3 is 10.1 Å². The summed E-state index contributed by atoms with van der Waals surface area (Å²) in [6, 6.07) is 14.5. The molecule has 0 saturated carbocycles. The van der Waals surface area contributed by atoms with Crippen LogP contribution in [0.3, 0.4) is 0 Å². The Balaban J connectivity index is 2.08. The Hall–Kier alpha value is -1.23. The average molecular weight is 353 g/mol. The second kappa shape index (κ2) is 6.09. The van der Waals surface area contributed by atoms with Gasteiger partial charge >= 0.3 is 0 Å².